The van der Waals surface area contributed by atoms with E-state index in [9.17, 15) is 9.18 Å². The second kappa shape index (κ2) is 6.64. The molecule has 0 fully saturated rings. The van der Waals surface area contributed by atoms with Gasteiger partial charge >= 0.3 is 0 Å². The molecule has 1 heterocycles. The number of carbonyl (C=O) groups is 1. The molecule has 0 spiro atoms. The number of aromatic nitrogens is 2. The highest BCUT2D eigenvalue weighted by Crippen LogP contribution is 2.21. The predicted octanol–water partition coefficient (Wildman–Crippen LogP) is 3.57. The molecular formula is C17H20FN3O. The van der Waals surface area contributed by atoms with Crippen molar-refractivity contribution in [2.75, 3.05) is 7.05 Å². The Morgan fingerprint density at radius 3 is 2.14 bits per heavy atom. The van der Waals surface area contributed by atoms with Crippen molar-refractivity contribution < 1.29 is 9.18 Å². The van der Waals surface area contributed by atoms with Gasteiger partial charge in [-0.25, -0.2) is 14.4 Å². The van der Waals surface area contributed by atoms with Crippen molar-refractivity contribution in [1.29, 1.82) is 0 Å². The van der Waals surface area contributed by atoms with Gasteiger partial charge in [-0.15, -0.1) is 0 Å². The van der Waals surface area contributed by atoms with Crippen LogP contribution in [0.25, 0.3) is 0 Å². The largest absolute Gasteiger partial charge is 0.335 e. The summed E-state index contributed by atoms with van der Waals surface area (Å²) in [6, 6.07) is 5.98. The van der Waals surface area contributed by atoms with Crippen LogP contribution in [0.4, 0.5) is 4.39 Å². The van der Waals surface area contributed by atoms with Gasteiger partial charge < -0.3 is 4.90 Å². The Morgan fingerprint density at radius 1 is 1.09 bits per heavy atom. The zero-order valence-electron chi connectivity index (χ0n) is 13.2. The van der Waals surface area contributed by atoms with Crippen LogP contribution >= 0.6 is 0 Å². The zero-order chi connectivity index (χ0) is 16.3. The summed E-state index contributed by atoms with van der Waals surface area (Å²) in [4.78, 5) is 22.5. The monoisotopic (exact) mass is 301 g/mol. The molecule has 4 nitrogen and oxygen atoms in total. The lowest BCUT2D eigenvalue weighted by atomic mass is 10.1. The number of hydrogen-bond donors (Lipinski definition) is 0. The van der Waals surface area contributed by atoms with E-state index in [0.717, 1.165) is 5.56 Å². The van der Waals surface area contributed by atoms with Crippen LogP contribution < -0.4 is 0 Å². The van der Waals surface area contributed by atoms with E-state index in [-0.39, 0.29) is 23.7 Å². The molecule has 0 N–H and O–H groups in total. The van der Waals surface area contributed by atoms with E-state index >= 15 is 0 Å². The summed E-state index contributed by atoms with van der Waals surface area (Å²) in [5.74, 6) is 0.487. The molecule has 0 radical (unpaired) electrons. The second-order valence-electron chi connectivity index (χ2n) is 5.63. The third-order valence-corrected chi connectivity index (χ3v) is 3.69. The van der Waals surface area contributed by atoms with Crippen LogP contribution in [-0.2, 0) is 0 Å². The first kappa shape index (κ1) is 16.1. The molecule has 0 saturated heterocycles. The van der Waals surface area contributed by atoms with Crippen LogP contribution in [0.3, 0.4) is 0 Å². The molecule has 0 aliphatic carbocycles. The van der Waals surface area contributed by atoms with E-state index in [1.165, 1.54) is 12.1 Å². The van der Waals surface area contributed by atoms with Crippen molar-refractivity contribution in [3.8, 4) is 0 Å². The van der Waals surface area contributed by atoms with Gasteiger partial charge in [-0.1, -0.05) is 26.0 Å². The molecule has 0 saturated carbocycles. The summed E-state index contributed by atoms with van der Waals surface area (Å²) in [6.45, 7) is 5.90. The minimum atomic E-state index is -0.289. The smallest absolute Gasteiger partial charge is 0.257 e. The molecule has 0 unspecified atom stereocenters. The molecular weight excluding hydrogens is 281 g/mol. The molecule has 2 rings (SSSR count). The first-order valence-corrected chi connectivity index (χ1v) is 7.24. The number of nitrogens with zero attached hydrogens (tertiary/aromatic N) is 3. The number of benzene rings is 1. The van der Waals surface area contributed by atoms with Crippen molar-refractivity contribution in [3.05, 3.63) is 59.4 Å². The average molecular weight is 301 g/mol. The zero-order valence-corrected chi connectivity index (χ0v) is 13.2. The van der Waals surface area contributed by atoms with Gasteiger partial charge in [0.05, 0.1) is 11.6 Å². The van der Waals surface area contributed by atoms with Gasteiger partial charge in [0.25, 0.3) is 5.91 Å². The van der Waals surface area contributed by atoms with E-state index in [1.807, 2.05) is 20.8 Å². The first-order valence-electron chi connectivity index (χ1n) is 7.24. The second-order valence-corrected chi connectivity index (χ2v) is 5.63. The summed E-state index contributed by atoms with van der Waals surface area (Å²) in [5, 5.41) is 0. The van der Waals surface area contributed by atoms with Gasteiger partial charge in [0.1, 0.15) is 11.6 Å². The minimum absolute atomic E-state index is 0.160. The van der Waals surface area contributed by atoms with Gasteiger partial charge in [0, 0.05) is 25.4 Å². The molecule has 1 aromatic heterocycles. The fourth-order valence-electron chi connectivity index (χ4n) is 2.09. The molecule has 0 aliphatic heterocycles. The standard InChI is InChI=1S/C17H20FN3O/c1-11(2)16-19-9-14(10-20-16)17(22)21(4)12(3)13-5-7-15(18)8-6-13/h5-12H,1-4H3/t12-/m0/s1. The molecule has 0 bridgehead atoms. The van der Waals surface area contributed by atoms with E-state index in [0.29, 0.717) is 11.4 Å². The summed E-state index contributed by atoms with van der Waals surface area (Å²) in [6.07, 6.45) is 3.11. The van der Waals surface area contributed by atoms with E-state index in [4.69, 9.17) is 0 Å². The van der Waals surface area contributed by atoms with Crippen molar-refractivity contribution >= 4 is 5.91 Å². The van der Waals surface area contributed by atoms with Gasteiger partial charge in [-0.3, -0.25) is 4.79 Å². The lowest BCUT2D eigenvalue weighted by molar-refractivity contribution is 0.0741. The Kier molecular flexibility index (Phi) is 4.85. The van der Waals surface area contributed by atoms with Gasteiger partial charge in [-0.05, 0) is 24.6 Å². The van der Waals surface area contributed by atoms with Crippen LogP contribution in [0.15, 0.2) is 36.7 Å². The maximum atomic E-state index is 13.0. The van der Waals surface area contributed by atoms with Crippen molar-refractivity contribution in [2.45, 2.75) is 32.7 Å². The Hall–Kier alpha value is -2.30. The fourth-order valence-corrected chi connectivity index (χ4v) is 2.09. The molecule has 22 heavy (non-hydrogen) atoms. The maximum absolute atomic E-state index is 13.0. The third-order valence-electron chi connectivity index (χ3n) is 3.69. The number of halogens is 1. The normalized spacial score (nSPS) is 12.3. The lowest BCUT2D eigenvalue weighted by Gasteiger charge is -2.25. The highest BCUT2D eigenvalue weighted by Gasteiger charge is 2.19. The van der Waals surface area contributed by atoms with Crippen LogP contribution in [-0.4, -0.2) is 27.8 Å². The van der Waals surface area contributed by atoms with Gasteiger partial charge in [-0.2, -0.15) is 0 Å². The maximum Gasteiger partial charge on any atom is 0.257 e. The van der Waals surface area contributed by atoms with Crippen molar-refractivity contribution in [3.63, 3.8) is 0 Å². The van der Waals surface area contributed by atoms with E-state index in [1.54, 1.807) is 36.5 Å². The van der Waals surface area contributed by atoms with E-state index in [2.05, 4.69) is 9.97 Å². The van der Waals surface area contributed by atoms with Crippen molar-refractivity contribution in [1.82, 2.24) is 14.9 Å². The molecule has 2 aromatic rings. The summed E-state index contributed by atoms with van der Waals surface area (Å²) < 4.78 is 13.0. The Morgan fingerprint density at radius 2 is 1.64 bits per heavy atom. The lowest BCUT2D eigenvalue weighted by Crippen LogP contribution is -2.30. The predicted molar refractivity (Wildman–Crippen MR) is 83.0 cm³/mol. The van der Waals surface area contributed by atoms with Crippen molar-refractivity contribution in [2.24, 2.45) is 0 Å². The van der Waals surface area contributed by atoms with E-state index < -0.39 is 0 Å². The molecule has 5 heteroatoms. The Balaban J connectivity index is 2.15. The third kappa shape index (κ3) is 3.47. The first-order chi connectivity index (χ1) is 10.4. The van der Waals surface area contributed by atoms with Crippen LogP contribution in [0.5, 0.6) is 0 Å². The molecule has 1 aromatic carbocycles. The van der Waals surface area contributed by atoms with Gasteiger partial charge in [0.2, 0.25) is 0 Å². The molecule has 1 amide bonds. The summed E-state index contributed by atoms with van der Waals surface area (Å²) in [7, 11) is 1.71. The highest BCUT2D eigenvalue weighted by atomic mass is 19.1. The summed E-state index contributed by atoms with van der Waals surface area (Å²) in [5.41, 5.74) is 1.32. The molecule has 116 valence electrons. The highest BCUT2D eigenvalue weighted by molar-refractivity contribution is 5.93. The summed E-state index contributed by atoms with van der Waals surface area (Å²) >= 11 is 0. The number of carbonyl (C=O) groups excluding carboxylic acids is 1. The fraction of sp³-hybridized carbons (Fsp3) is 0.353. The van der Waals surface area contributed by atoms with Gasteiger partial charge in [0.15, 0.2) is 0 Å². The molecule has 1 atom stereocenters. The average Bonchev–Trinajstić information content (AvgIpc) is 2.53. The SMILES string of the molecule is CC(C)c1ncc(C(=O)N(C)[C@@H](C)c2ccc(F)cc2)cn1. The van der Waals surface area contributed by atoms with Crippen LogP contribution in [0, 0.1) is 5.82 Å². The van der Waals surface area contributed by atoms with Crippen LogP contribution in [0.1, 0.15) is 54.5 Å². The topological polar surface area (TPSA) is 46.1 Å². The Labute approximate surface area is 130 Å². The number of rotatable bonds is 4. The molecule has 0 aliphatic rings. The Bertz CT molecular complexity index is 638. The number of hydrogen-bond acceptors (Lipinski definition) is 3. The minimum Gasteiger partial charge on any atom is -0.335 e. The number of amides is 1. The quantitative estimate of drug-likeness (QED) is 0.867. The van der Waals surface area contributed by atoms with Crippen LogP contribution in [0.2, 0.25) is 0 Å².